The summed E-state index contributed by atoms with van der Waals surface area (Å²) in [5.41, 5.74) is 0. The van der Waals surface area contributed by atoms with Crippen LogP contribution in [0.3, 0.4) is 0 Å². The van der Waals surface area contributed by atoms with E-state index in [9.17, 15) is 9.00 Å². The Bertz CT molecular complexity index is 386. The van der Waals surface area contributed by atoms with Crippen LogP contribution in [0.4, 0.5) is 0 Å². The molecule has 0 saturated heterocycles. The van der Waals surface area contributed by atoms with Crippen LogP contribution in [-0.2, 0) is 15.6 Å². The Balaban J connectivity index is 2.20. The third-order valence-corrected chi connectivity index (χ3v) is 4.62. The van der Waals surface area contributed by atoms with Crippen LogP contribution in [0.2, 0.25) is 0 Å². The summed E-state index contributed by atoms with van der Waals surface area (Å²) in [7, 11) is -1.16. The third-order valence-electron chi connectivity index (χ3n) is 2.90. The van der Waals surface area contributed by atoms with Gasteiger partial charge in [0.05, 0.1) is 16.0 Å². The minimum Gasteiger partial charge on any atom is -0.298 e. The van der Waals surface area contributed by atoms with Crippen LogP contribution in [0.1, 0.15) is 19.8 Å². The van der Waals surface area contributed by atoms with Crippen molar-refractivity contribution < 1.29 is 9.00 Å². The maximum Gasteiger partial charge on any atom is 0.151 e. The second kappa shape index (κ2) is 4.27. The molecule has 80 valence electrons. The van der Waals surface area contributed by atoms with E-state index in [1.54, 1.807) is 0 Å². The van der Waals surface area contributed by atoms with Crippen molar-refractivity contribution in [3.05, 3.63) is 30.3 Å². The molecule has 1 aromatic rings. The molecular formula is C12H14O2S. The van der Waals surface area contributed by atoms with Crippen LogP contribution in [0.5, 0.6) is 0 Å². The van der Waals surface area contributed by atoms with Gasteiger partial charge in [-0.15, -0.1) is 0 Å². The summed E-state index contributed by atoms with van der Waals surface area (Å²) in [6.45, 7) is 1.92. The summed E-state index contributed by atoms with van der Waals surface area (Å²) >= 11 is 0. The van der Waals surface area contributed by atoms with Crippen molar-refractivity contribution in [2.75, 3.05) is 0 Å². The average molecular weight is 222 g/mol. The van der Waals surface area contributed by atoms with Gasteiger partial charge in [0, 0.05) is 10.8 Å². The number of rotatable bonds is 2. The second-order valence-electron chi connectivity index (χ2n) is 3.98. The smallest absolute Gasteiger partial charge is 0.151 e. The molecule has 0 aliphatic heterocycles. The van der Waals surface area contributed by atoms with Crippen molar-refractivity contribution in [3.8, 4) is 0 Å². The predicted molar refractivity (Wildman–Crippen MR) is 60.0 cm³/mol. The Kier molecular flexibility index (Phi) is 3.00. The highest BCUT2D eigenvalue weighted by Crippen LogP contribution is 2.27. The lowest BCUT2D eigenvalue weighted by Gasteiger charge is -2.08. The second-order valence-corrected chi connectivity index (χ2v) is 5.62. The number of carbonyl (C=O) groups is 1. The first kappa shape index (κ1) is 10.6. The van der Waals surface area contributed by atoms with E-state index in [4.69, 9.17) is 0 Å². The van der Waals surface area contributed by atoms with E-state index in [0.717, 1.165) is 17.7 Å². The largest absolute Gasteiger partial charge is 0.298 e. The quantitative estimate of drug-likeness (QED) is 0.768. The first-order chi connectivity index (χ1) is 7.20. The highest BCUT2D eigenvalue weighted by molar-refractivity contribution is 7.86. The van der Waals surface area contributed by atoms with Crippen LogP contribution in [0.15, 0.2) is 35.2 Å². The number of benzene rings is 1. The number of hydrogen-bond donors (Lipinski definition) is 0. The Hall–Kier alpha value is -0.960. The van der Waals surface area contributed by atoms with E-state index >= 15 is 0 Å². The molecule has 3 atom stereocenters. The minimum atomic E-state index is -1.16. The van der Waals surface area contributed by atoms with Crippen molar-refractivity contribution in [2.24, 2.45) is 5.92 Å². The fourth-order valence-corrected chi connectivity index (χ4v) is 3.48. The van der Waals surface area contributed by atoms with Gasteiger partial charge in [-0.05, 0) is 25.0 Å². The third kappa shape index (κ3) is 2.02. The zero-order valence-corrected chi connectivity index (χ0v) is 9.50. The molecule has 0 radical (unpaired) electrons. The molecule has 1 saturated carbocycles. The fourth-order valence-electron chi connectivity index (χ4n) is 1.93. The van der Waals surface area contributed by atoms with Gasteiger partial charge in [0.2, 0.25) is 0 Å². The number of hydrogen-bond acceptors (Lipinski definition) is 2. The fraction of sp³-hybridized carbons (Fsp3) is 0.417. The lowest BCUT2D eigenvalue weighted by Crippen LogP contribution is -2.22. The molecule has 0 bridgehead atoms. The highest BCUT2D eigenvalue weighted by atomic mass is 32.2. The summed E-state index contributed by atoms with van der Waals surface area (Å²) in [6.07, 6.45) is 1.64. The summed E-state index contributed by atoms with van der Waals surface area (Å²) in [5, 5.41) is -0.276. The van der Waals surface area contributed by atoms with Gasteiger partial charge in [-0.3, -0.25) is 9.00 Å². The molecule has 1 aliphatic carbocycles. The first-order valence-corrected chi connectivity index (χ1v) is 6.41. The Morgan fingerprint density at radius 1 is 1.20 bits per heavy atom. The van der Waals surface area contributed by atoms with Crippen LogP contribution in [0.25, 0.3) is 0 Å². The Morgan fingerprint density at radius 2 is 1.87 bits per heavy atom. The minimum absolute atomic E-state index is 0.0858. The average Bonchev–Trinajstić information content (AvgIpc) is 2.60. The normalized spacial score (nSPS) is 27.9. The molecule has 0 amide bonds. The monoisotopic (exact) mass is 222 g/mol. The van der Waals surface area contributed by atoms with E-state index in [2.05, 4.69) is 0 Å². The van der Waals surface area contributed by atoms with Gasteiger partial charge in [0.1, 0.15) is 0 Å². The van der Waals surface area contributed by atoms with Crippen LogP contribution < -0.4 is 0 Å². The zero-order valence-electron chi connectivity index (χ0n) is 8.68. The van der Waals surface area contributed by atoms with Gasteiger partial charge in [-0.2, -0.15) is 0 Å². The SMILES string of the molecule is CC1CCC(S(=O)c2ccccc2)C1=O. The maximum atomic E-state index is 12.1. The molecule has 1 aliphatic rings. The van der Waals surface area contributed by atoms with Crippen LogP contribution in [-0.4, -0.2) is 15.2 Å². The molecule has 3 unspecified atom stereocenters. The van der Waals surface area contributed by atoms with Crippen molar-refractivity contribution in [1.29, 1.82) is 0 Å². The molecule has 0 spiro atoms. The molecule has 0 N–H and O–H groups in total. The predicted octanol–water partition coefficient (Wildman–Crippen LogP) is 2.16. The maximum absolute atomic E-state index is 12.1. The van der Waals surface area contributed by atoms with E-state index < -0.39 is 10.8 Å². The summed E-state index contributed by atoms with van der Waals surface area (Å²) in [4.78, 5) is 12.5. The standard InChI is InChI=1S/C12H14O2S/c1-9-7-8-11(12(9)13)15(14)10-5-3-2-4-6-10/h2-6,9,11H,7-8H2,1H3. The molecule has 2 nitrogen and oxygen atoms in total. The van der Waals surface area contributed by atoms with Crippen molar-refractivity contribution >= 4 is 16.6 Å². The summed E-state index contributed by atoms with van der Waals surface area (Å²) < 4.78 is 12.1. The van der Waals surface area contributed by atoms with E-state index in [1.165, 1.54) is 0 Å². The Labute approximate surface area is 92.2 Å². The van der Waals surface area contributed by atoms with Gasteiger partial charge in [-0.25, -0.2) is 0 Å². The van der Waals surface area contributed by atoms with E-state index in [-0.39, 0.29) is 17.0 Å². The summed E-state index contributed by atoms with van der Waals surface area (Å²) in [5.74, 6) is 0.250. The van der Waals surface area contributed by atoms with Crippen molar-refractivity contribution in [3.63, 3.8) is 0 Å². The number of carbonyl (C=O) groups excluding carboxylic acids is 1. The highest BCUT2D eigenvalue weighted by Gasteiger charge is 2.35. The van der Waals surface area contributed by atoms with Crippen molar-refractivity contribution in [1.82, 2.24) is 0 Å². The van der Waals surface area contributed by atoms with Crippen LogP contribution >= 0.6 is 0 Å². The topological polar surface area (TPSA) is 34.1 Å². The van der Waals surface area contributed by atoms with Gasteiger partial charge >= 0.3 is 0 Å². The molecule has 15 heavy (non-hydrogen) atoms. The van der Waals surface area contributed by atoms with Gasteiger partial charge < -0.3 is 0 Å². The first-order valence-electron chi connectivity index (χ1n) is 5.19. The van der Waals surface area contributed by atoms with Crippen LogP contribution in [0, 0.1) is 5.92 Å². The van der Waals surface area contributed by atoms with E-state index in [1.807, 2.05) is 37.3 Å². The van der Waals surface area contributed by atoms with E-state index in [0.29, 0.717) is 0 Å². The molecule has 0 heterocycles. The zero-order chi connectivity index (χ0) is 10.8. The van der Waals surface area contributed by atoms with Gasteiger partial charge in [0.25, 0.3) is 0 Å². The number of ketones is 1. The molecule has 1 fully saturated rings. The molecular weight excluding hydrogens is 208 g/mol. The van der Waals surface area contributed by atoms with Gasteiger partial charge in [-0.1, -0.05) is 25.1 Å². The molecule has 1 aromatic carbocycles. The van der Waals surface area contributed by atoms with Crippen molar-refractivity contribution in [2.45, 2.75) is 29.9 Å². The molecule has 0 aromatic heterocycles. The summed E-state index contributed by atoms with van der Waals surface area (Å²) in [6, 6.07) is 9.25. The lowest BCUT2D eigenvalue weighted by molar-refractivity contribution is -0.119. The number of Topliss-reactive ketones (excluding diaryl/α,β-unsaturated/α-hetero) is 1. The van der Waals surface area contributed by atoms with Gasteiger partial charge in [0.15, 0.2) is 5.78 Å². The molecule has 2 rings (SSSR count). The Morgan fingerprint density at radius 3 is 2.40 bits per heavy atom. The molecule has 3 heteroatoms. The lowest BCUT2D eigenvalue weighted by atomic mass is 10.1.